The summed E-state index contributed by atoms with van der Waals surface area (Å²) in [6.07, 6.45) is 7.49. The van der Waals surface area contributed by atoms with Gasteiger partial charge in [-0.25, -0.2) is 0 Å². The van der Waals surface area contributed by atoms with Crippen LogP contribution in [0.5, 0.6) is 0 Å². The number of piperidine rings is 1. The highest BCUT2D eigenvalue weighted by Gasteiger charge is 2.26. The van der Waals surface area contributed by atoms with Crippen molar-refractivity contribution in [1.82, 2.24) is 5.32 Å². The Bertz CT molecular complexity index is 733. The molecule has 29 heavy (non-hydrogen) atoms. The van der Waals surface area contributed by atoms with Gasteiger partial charge >= 0.3 is 0 Å². The molecule has 2 aliphatic heterocycles. The Labute approximate surface area is 173 Å². The smallest absolute Gasteiger partial charge is 0.253 e. The number of hydrogen-bond donors (Lipinski definition) is 2. The molecule has 0 aromatic heterocycles. The molecule has 0 radical (unpaired) electrons. The summed E-state index contributed by atoms with van der Waals surface area (Å²) in [5.41, 5.74) is 2.31. The number of hydrogen-bond acceptors (Lipinski definition) is 4. The van der Waals surface area contributed by atoms with E-state index in [1.807, 2.05) is 18.2 Å². The number of benzene rings is 1. The highest BCUT2D eigenvalue weighted by atomic mass is 16.5. The van der Waals surface area contributed by atoms with Gasteiger partial charge in [0.2, 0.25) is 5.91 Å². The van der Waals surface area contributed by atoms with Crippen LogP contribution in [0.3, 0.4) is 0 Å². The fourth-order valence-corrected chi connectivity index (χ4v) is 4.34. The second kappa shape index (κ2) is 9.16. The number of carbonyl (C=O) groups is 2. The highest BCUT2D eigenvalue weighted by Crippen LogP contribution is 2.31. The molecule has 2 saturated heterocycles. The van der Waals surface area contributed by atoms with Gasteiger partial charge in [0.05, 0.1) is 11.7 Å². The summed E-state index contributed by atoms with van der Waals surface area (Å²) in [6, 6.07) is 5.77. The second-order valence-corrected chi connectivity index (χ2v) is 8.86. The summed E-state index contributed by atoms with van der Waals surface area (Å²) < 4.78 is 5.64. The van der Waals surface area contributed by atoms with Crippen LogP contribution in [0.1, 0.15) is 62.2 Å². The fourth-order valence-electron chi connectivity index (χ4n) is 4.34. The molecule has 1 aliphatic carbocycles. The molecule has 0 bridgehead atoms. The molecule has 0 spiro atoms. The summed E-state index contributed by atoms with van der Waals surface area (Å²) in [4.78, 5) is 27.7. The molecular weight excluding hydrogens is 366 g/mol. The third kappa shape index (κ3) is 4.92. The average molecular weight is 400 g/mol. The molecule has 4 rings (SSSR count). The number of rotatable bonds is 6. The molecule has 6 nitrogen and oxygen atoms in total. The largest absolute Gasteiger partial charge is 0.376 e. The van der Waals surface area contributed by atoms with Crippen LogP contribution < -0.4 is 15.5 Å². The van der Waals surface area contributed by atoms with Crippen LogP contribution in [-0.2, 0) is 9.53 Å². The predicted octanol–water partition coefficient (Wildman–Crippen LogP) is 3.57. The van der Waals surface area contributed by atoms with Crippen molar-refractivity contribution >= 4 is 23.2 Å². The second-order valence-electron chi connectivity index (χ2n) is 8.86. The molecule has 1 atom stereocenters. The van der Waals surface area contributed by atoms with Gasteiger partial charge < -0.3 is 20.3 Å². The molecule has 2 N–H and O–H groups in total. The van der Waals surface area contributed by atoms with Gasteiger partial charge in [0.25, 0.3) is 5.91 Å². The zero-order chi connectivity index (χ0) is 20.2. The standard InChI is InChI=1S/C23H33N3O3/c1-16-9-11-26(12-10-16)21-8-7-18(25-22(27)17-4-2-5-17)14-20(21)23(28)24-15-19-6-3-13-29-19/h7-8,14,16-17,19H,2-6,9-13,15H2,1H3,(H,24,28)(H,25,27)/t19-/m0/s1. The summed E-state index contributed by atoms with van der Waals surface area (Å²) >= 11 is 0. The van der Waals surface area contributed by atoms with Gasteiger partial charge in [0.1, 0.15) is 0 Å². The van der Waals surface area contributed by atoms with E-state index in [0.717, 1.165) is 76.2 Å². The van der Waals surface area contributed by atoms with Crippen molar-refractivity contribution in [3.05, 3.63) is 23.8 Å². The summed E-state index contributed by atoms with van der Waals surface area (Å²) in [7, 11) is 0. The first-order valence-corrected chi connectivity index (χ1v) is 11.2. The van der Waals surface area contributed by atoms with Gasteiger partial charge in [0, 0.05) is 43.5 Å². The topological polar surface area (TPSA) is 70.7 Å². The first-order chi connectivity index (χ1) is 14.1. The van der Waals surface area contributed by atoms with Crippen molar-refractivity contribution in [2.75, 3.05) is 36.5 Å². The van der Waals surface area contributed by atoms with Crippen molar-refractivity contribution in [3.8, 4) is 0 Å². The number of nitrogens with one attached hydrogen (secondary N) is 2. The van der Waals surface area contributed by atoms with Crippen LogP contribution in [0, 0.1) is 11.8 Å². The van der Waals surface area contributed by atoms with Gasteiger partial charge in [-0.2, -0.15) is 0 Å². The van der Waals surface area contributed by atoms with E-state index in [1.165, 1.54) is 0 Å². The normalized spacial score (nSPS) is 22.9. The average Bonchev–Trinajstić information content (AvgIpc) is 3.19. The molecule has 1 aromatic rings. The lowest BCUT2D eigenvalue weighted by molar-refractivity contribution is -0.122. The molecule has 2 heterocycles. The quantitative estimate of drug-likeness (QED) is 0.767. The van der Waals surface area contributed by atoms with Gasteiger partial charge in [-0.15, -0.1) is 0 Å². The van der Waals surface area contributed by atoms with Crippen molar-refractivity contribution in [3.63, 3.8) is 0 Å². The third-order valence-corrected chi connectivity index (χ3v) is 6.62. The Morgan fingerprint density at radius 1 is 1.10 bits per heavy atom. The van der Waals surface area contributed by atoms with Crippen molar-refractivity contribution in [2.45, 2.75) is 58.0 Å². The lowest BCUT2D eigenvalue weighted by atomic mass is 9.85. The lowest BCUT2D eigenvalue weighted by Gasteiger charge is -2.33. The molecule has 2 amide bonds. The SMILES string of the molecule is CC1CCN(c2ccc(NC(=O)C3CCC3)cc2C(=O)NC[C@@H]2CCCO2)CC1. The number of amides is 2. The van der Waals surface area contributed by atoms with Crippen LogP contribution in [0.4, 0.5) is 11.4 Å². The predicted molar refractivity (Wildman–Crippen MR) is 114 cm³/mol. The minimum absolute atomic E-state index is 0.0708. The third-order valence-electron chi connectivity index (χ3n) is 6.62. The molecule has 3 fully saturated rings. The number of anilines is 2. The van der Waals surface area contributed by atoms with E-state index in [-0.39, 0.29) is 23.8 Å². The minimum Gasteiger partial charge on any atom is -0.376 e. The molecule has 1 aromatic carbocycles. The van der Waals surface area contributed by atoms with Gasteiger partial charge in [-0.1, -0.05) is 13.3 Å². The van der Waals surface area contributed by atoms with Crippen molar-refractivity contribution in [1.29, 1.82) is 0 Å². The van der Waals surface area contributed by atoms with E-state index in [1.54, 1.807) is 0 Å². The first kappa shape index (κ1) is 20.2. The van der Waals surface area contributed by atoms with Gasteiger partial charge in [-0.05, 0) is 62.6 Å². The highest BCUT2D eigenvalue weighted by molar-refractivity contribution is 6.02. The summed E-state index contributed by atoms with van der Waals surface area (Å²) in [5.74, 6) is 0.828. The van der Waals surface area contributed by atoms with Gasteiger partial charge in [-0.3, -0.25) is 9.59 Å². The van der Waals surface area contributed by atoms with Crippen molar-refractivity contribution in [2.24, 2.45) is 11.8 Å². The molecule has 158 valence electrons. The molecule has 3 aliphatic rings. The van der Waals surface area contributed by atoms with E-state index >= 15 is 0 Å². The van der Waals surface area contributed by atoms with Crippen LogP contribution in [0.15, 0.2) is 18.2 Å². The Morgan fingerprint density at radius 2 is 1.90 bits per heavy atom. The van der Waals surface area contributed by atoms with E-state index < -0.39 is 0 Å². The fraction of sp³-hybridized carbons (Fsp3) is 0.652. The summed E-state index contributed by atoms with van der Waals surface area (Å²) in [5, 5.41) is 6.06. The van der Waals surface area contributed by atoms with E-state index in [4.69, 9.17) is 4.74 Å². The molecule has 0 unspecified atom stereocenters. The summed E-state index contributed by atoms with van der Waals surface area (Å²) in [6.45, 7) is 5.52. The Balaban J connectivity index is 1.50. The lowest BCUT2D eigenvalue weighted by Crippen LogP contribution is -2.36. The number of ether oxygens (including phenoxy) is 1. The van der Waals surface area contributed by atoms with Crippen LogP contribution in [0.2, 0.25) is 0 Å². The monoisotopic (exact) mass is 399 g/mol. The Hall–Kier alpha value is -2.08. The molecule has 6 heteroatoms. The van der Waals surface area contributed by atoms with Crippen molar-refractivity contribution < 1.29 is 14.3 Å². The molecular formula is C23H33N3O3. The van der Waals surface area contributed by atoms with E-state index in [2.05, 4.69) is 22.5 Å². The van der Waals surface area contributed by atoms with Crippen LogP contribution >= 0.6 is 0 Å². The number of nitrogens with zero attached hydrogens (tertiary/aromatic N) is 1. The maximum Gasteiger partial charge on any atom is 0.253 e. The van der Waals surface area contributed by atoms with Crippen LogP contribution in [0.25, 0.3) is 0 Å². The van der Waals surface area contributed by atoms with Crippen LogP contribution in [-0.4, -0.2) is 44.2 Å². The minimum atomic E-state index is -0.0890. The molecule has 1 saturated carbocycles. The van der Waals surface area contributed by atoms with Gasteiger partial charge in [0.15, 0.2) is 0 Å². The zero-order valence-electron chi connectivity index (χ0n) is 17.4. The Morgan fingerprint density at radius 3 is 2.55 bits per heavy atom. The first-order valence-electron chi connectivity index (χ1n) is 11.2. The zero-order valence-corrected chi connectivity index (χ0v) is 17.4. The Kier molecular flexibility index (Phi) is 6.38. The maximum atomic E-state index is 13.1. The number of carbonyl (C=O) groups excluding carboxylic acids is 2. The van der Waals surface area contributed by atoms with E-state index in [0.29, 0.717) is 17.8 Å². The maximum absolute atomic E-state index is 13.1. The van der Waals surface area contributed by atoms with E-state index in [9.17, 15) is 9.59 Å².